The van der Waals surface area contributed by atoms with Crippen LogP contribution >= 0.6 is 11.3 Å². The van der Waals surface area contributed by atoms with Crippen molar-refractivity contribution in [2.45, 2.75) is 44.8 Å². The standard InChI is InChI=1S/C18H23NOS/c1-17(2,15-10-7-11-21-15)12-19-16-13-8-5-6-9-14(13)20-18(16,3)4/h5-11,16,19H,12H2,1-4H3. The maximum absolute atomic E-state index is 6.10. The molecule has 0 radical (unpaired) electrons. The number of thiophene rings is 1. The fourth-order valence-corrected chi connectivity index (χ4v) is 3.84. The zero-order valence-corrected chi connectivity index (χ0v) is 14.0. The largest absolute Gasteiger partial charge is 0.486 e. The van der Waals surface area contributed by atoms with Crippen LogP contribution in [0.25, 0.3) is 0 Å². The van der Waals surface area contributed by atoms with E-state index in [4.69, 9.17) is 4.74 Å². The van der Waals surface area contributed by atoms with Gasteiger partial charge in [0.1, 0.15) is 11.4 Å². The van der Waals surface area contributed by atoms with E-state index in [0.29, 0.717) is 0 Å². The maximum atomic E-state index is 6.10. The summed E-state index contributed by atoms with van der Waals surface area (Å²) in [4.78, 5) is 1.42. The Hall–Kier alpha value is -1.32. The first-order chi connectivity index (χ1) is 9.90. The third kappa shape index (κ3) is 2.72. The number of nitrogens with one attached hydrogen (secondary N) is 1. The third-order valence-electron chi connectivity index (χ3n) is 4.23. The van der Waals surface area contributed by atoms with Gasteiger partial charge in [0.25, 0.3) is 0 Å². The van der Waals surface area contributed by atoms with Crippen LogP contribution in [0.1, 0.15) is 44.2 Å². The lowest BCUT2D eigenvalue weighted by atomic mass is 9.88. The van der Waals surface area contributed by atoms with Crippen molar-refractivity contribution in [3.8, 4) is 5.75 Å². The number of fused-ring (bicyclic) bond motifs is 1. The van der Waals surface area contributed by atoms with Crippen LogP contribution in [0.5, 0.6) is 5.75 Å². The lowest BCUT2D eigenvalue weighted by Crippen LogP contribution is -2.43. The molecule has 0 aliphatic carbocycles. The van der Waals surface area contributed by atoms with Crippen molar-refractivity contribution in [1.82, 2.24) is 5.32 Å². The molecule has 1 aromatic carbocycles. The summed E-state index contributed by atoms with van der Waals surface area (Å²) in [5.74, 6) is 1.01. The Morgan fingerprint density at radius 3 is 2.67 bits per heavy atom. The molecule has 3 heteroatoms. The van der Waals surface area contributed by atoms with Gasteiger partial charge in [-0.05, 0) is 31.4 Å². The summed E-state index contributed by atoms with van der Waals surface area (Å²) >= 11 is 1.83. The third-order valence-corrected chi connectivity index (χ3v) is 5.47. The van der Waals surface area contributed by atoms with E-state index in [1.54, 1.807) is 0 Å². The smallest absolute Gasteiger partial charge is 0.125 e. The SMILES string of the molecule is CC(C)(CNC1c2ccccc2OC1(C)C)c1cccs1. The van der Waals surface area contributed by atoms with Gasteiger partial charge in [-0.25, -0.2) is 0 Å². The van der Waals surface area contributed by atoms with Gasteiger partial charge in [0.2, 0.25) is 0 Å². The quantitative estimate of drug-likeness (QED) is 0.896. The van der Waals surface area contributed by atoms with Crippen LogP contribution in [0, 0.1) is 0 Å². The Morgan fingerprint density at radius 1 is 1.19 bits per heavy atom. The fourth-order valence-electron chi connectivity index (χ4n) is 2.99. The van der Waals surface area contributed by atoms with E-state index in [1.807, 2.05) is 17.4 Å². The molecule has 0 spiro atoms. The van der Waals surface area contributed by atoms with Crippen molar-refractivity contribution < 1.29 is 4.74 Å². The number of benzene rings is 1. The Balaban J connectivity index is 1.78. The first-order valence-corrected chi connectivity index (χ1v) is 8.33. The average Bonchev–Trinajstić information content (AvgIpc) is 3.01. The molecule has 0 amide bonds. The lowest BCUT2D eigenvalue weighted by Gasteiger charge is -2.31. The van der Waals surface area contributed by atoms with Crippen LogP contribution in [0.3, 0.4) is 0 Å². The van der Waals surface area contributed by atoms with Crippen LogP contribution in [0.2, 0.25) is 0 Å². The summed E-state index contributed by atoms with van der Waals surface area (Å²) < 4.78 is 6.10. The molecule has 0 bridgehead atoms. The topological polar surface area (TPSA) is 21.3 Å². The van der Waals surface area contributed by atoms with E-state index in [1.165, 1.54) is 10.4 Å². The van der Waals surface area contributed by atoms with Crippen molar-refractivity contribution in [3.63, 3.8) is 0 Å². The van der Waals surface area contributed by atoms with Crippen LogP contribution in [-0.2, 0) is 5.41 Å². The number of ether oxygens (including phenoxy) is 1. The van der Waals surface area contributed by atoms with Gasteiger partial charge in [-0.3, -0.25) is 0 Å². The van der Waals surface area contributed by atoms with Crippen molar-refractivity contribution >= 4 is 11.3 Å². The molecular weight excluding hydrogens is 278 g/mol. The second kappa shape index (κ2) is 5.15. The second-order valence-electron chi connectivity index (χ2n) is 6.92. The Bertz CT molecular complexity index is 616. The average molecular weight is 301 g/mol. The molecule has 0 saturated carbocycles. The zero-order chi connectivity index (χ0) is 15.1. The summed E-state index contributed by atoms with van der Waals surface area (Å²) in [6.07, 6.45) is 0. The first-order valence-electron chi connectivity index (χ1n) is 7.45. The highest BCUT2D eigenvalue weighted by Crippen LogP contribution is 2.43. The van der Waals surface area contributed by atoms with Gasteiger partial charge in [0.05, 0.1) is 6.04 Å². The molecular formula is C18H23NOS. The highest BCUT2D eigenvalue weighted by atomic mass is 32.1. The number of para-hydroxylation sites is 1. The van der Waals surface area contributed by atoms with E-state index in [0.717, 1.165) is 12.3 Å². The summed E-state index contributed by atoms with van der Waals surface area (Å²) in [7, 11) is 0. The number of hydrogen-bond donors (Lipinski definition) is 1. The molecule has 0 saturated heterocycles. The molecule has 112 valence electrons. The Labute approximate surface area is 131 Å². The molecule has 2 heterocycles. The second-order valence-corrected chi connectivity index (χ2v) is 7.87. The van der Waals surface area contributed by atoms with Gasteiger partial charge in [-0.1, -0.05) is 38.1 Å². The normalized spacial score (nSPS) is 20.1. The van der Waals surface area contributed by atoms with Gasteiger partial charge in [-0.15, -0.1) is 11.3 Å². The van der Waals surface area contributed by atoms with Gasteiger partial charge in [-0.2, -0.15) is 0 Å². The molecule has 3 rings (SSSR count). The van der Waals surface area contributed by atoms with Crippen LogP contribution in [0.4, 0.5) is 0 Å². The molecule has 1 N–H and O–H groups in total. The predicted molar refractivity (Wildman–Crippen MR) is 89.2 cm³/mol. The van der Waals surface area contributed by atoms with Crippen LogP contribution in [0.15, 0.2) is 41.8 Å². The Morgan fingerprint density at radius 2 is 1.95 bits per heavy atom. The van der Waals surface area contributed by atoms with Crippen molar-refractivity contribution in [1.29, 1.82) is 0 Å². The van der Waals surface area contributed by atoms with Gasteiger partial charge in [0, 0.05) is 22.4 Å². The molecule has 0 fully saturated rings. The van der Waals surface area contributed by atoms with Crippen LogP contribution in [-0.4, -0.2) is 12.1 Å². The van der Waals surface area contributed by atoms with E-state index in [9.17, 15) is 0 Å². The van der Waals surface area contributed by atoms with E-state index < -0.39 is 0 Å². The predicted octanol–water partition coefficient (Wildman–Crippen LogP) is 4.53. The summed E-state index contributed by atoms with van der Waals surface area (Å²) in [6.45, 7) is 9.83. The lowest BCUT2D eigenvalue weighted by molar-refractivity contribution is 0.0942. The molecule has 1 aliphatic heterocycles. The van der Waals surface area contributed by atoms with E-state index >= 15 is 0 Å². The van der Waals surface area contributed by atoms with Crippen molar-refractivity contribution in [2.24, 2.45) is 0 Å². The maximum Gasteiger partial charge on any atom is 0.125 e. The minimum absolute atomic E-state index is 0.127. The summed E-state index contributed by atoms with van der Waals surface area (Å²) in [6, 6.07) is 12.9. The van der Waals surface area contributed by atoms with Crippen molar-refractivity contribution in [3.05, 3.63) is 52.2 Å². The molecule has 1 atom stereocenters. The fraction of sp³-hybridized carbons (Fsp3) is 0.444. The first kappa shape index (κ1) is 14.6. The minimum Gasteiger partial charge on any atom is -0.486 e. The molecule has 21 heavy (non-hydrogen) atoms. The molecule has 1 aliphatic rings. The highest BCUT2D eigenvalue weighted by Gasteiger charge is 2.41. The number of hydrogen-bond acceptors (Lipinski definition) is 3. The highest BCUT2D eigenvalue weighted by molar-refractivity contribution is 7.10. The molecule has 2 aromatic rings. The molecule has 2 nitrogen and oxygen atoms in total. The minimum atomic E-state index is -0.213. The zero-order valence-electron chi connectivity index (χ0n) is 13.1. The number of rotatable bonds is 4. The van der Waals surface area contributed by atoms with E-state index in [2.05, 4.69) is 68.7 Å². The van der Waals surface area contributed by atoms with Gasteiger partial charge >= 0.3 is 0 Å². The summed E-state index contributed by atoms with van der Waals surface area (Å²) in [5.41, 5.74) is 1.18. The van der Waals surface area contributed by atoms with Crippen molar-refractivity contribution in [2.75, 3.05) is 6.54 Å². The molecule has 1 unspecified atom stereocenters. The van der Waals surface area contributed by atoms with E-state index in [-0.39, 0.29) is 17.1 Å². The molecule has 1 aromatic heterocycles. The van der Waals surface area contributed by atoms with Gasteiger partial charge in [0.15, 0.2) is 0 Å². The Kier molecular flexibility index (Phi) is 3.58. The van der Waals surface area contributed by atoms with Crippen LogP contribution < -0.4 is 10.1 Å². The summed E-state index contributed by atoms with van der Waals surface area (Å²) in [5, 5.41) is 5.89. The monoisotopic (exact) mass is 301 g/mol. The van der Waals surface area contributed by atoms with Gasteiger partial charge < -0.3 is 10.1 Å².